The van der Waals surface area contributed by atoms with E-state index < -0.39 is 40.3 Å². The number of nitrogens with one attached hydrogen (secondary N) is 1. The summed E-state index contributed by atoms with van der Waals surface area (Å²) in [7, 11) is -4.18. The van der Waals surface area contributed by atoms with Crippen LogP contribution in [-0.4, -0.2) is 56.2 Å². The Morgan fingerprint density at radius 2 is 1.69 bits per heavy atom. The van der Waals surface area contributed by atoms with Gasteiger partial charge in [0.2, 0.25) is 5.91 Å². The number of carbonyl (C=O) groups excluding carboxylic acids is 4. The molecule has 1 aliphatic heterocycles. The standard InChI is InChI=1S/C20H20N2O8S2/c1-4-29-19(25)15-11(3)16(20(26)30-5-2)31-17(15)21-14(23)10-22-18(24)12-8-6-7-9-13(12)32(22,27)28/h6-9H,4-5,10H2,1-3H3,(H,21,23). The quantitative estimate of drug-likeness (QED) is 0.596. The van der Waals surface area contributed by atoms with Crippen LogP contribution in [0, 0.1) is 6.92 Å². The highest BCUT2D eigenvalue weighted by Gasteiger charge is 2.42. The number of esters is 2. The number of amides is 2. The van der Waals surface area contributed by atoms with Crippen LogP contribution in [0.3, 0.4) is 0 Å². The number of sulfonamides is 1. The summed E-state index contributed by atoms with van der Waals surface area (Å²) in [4.78, 5) is 49.8. The van der Waals surface area contributed by atoms with Crippen LogP contribution in [0.1, 0.15) is 49.8 Å². The Kier molecular flexibility index (Phi) is 6.65. The van der Waals surface area contributed by atoms with Gasteiger partial charge in [-0.25, -0.2) is 22.3 Å². The first-order valence-corrected chi connectivity index (χ1v) is 11.8. The second-order valence-corrected chi connectivity index (χ2v) is 9.41. The topological polar surface area (TPSA) is 136 Å². The monoisotopic (exact) mass is 480 g/mol. The molecular weight excluding hydrogens is 460 g/mol. The van der Waals surface area contributed by atoms with Gasteiger partial charge in [-0.05, 0) is 38.5 Å². The van der Waals surface area contributed by atoms with E-state index in [9.17, 15) is 27.6 Å². The number of ether oxygens (including phenoxy) is 2. The van der Waals surface area contributed by atoms with E-state index in [2.05, 4.69) is 5.32 Å². The minimum Gasteiger partial charge on any atom is -0.462 e. The summed E-state index contributed by atoms with van der Waals surface area (Å²) in [6.07, 6.45) is 0. The van der Waals surface area contributed by atoms with Crippen LogP contribution in [-0.2, 0) is 24.3 Å². The molecule has 0 fully saturated rings. The summed E-state index contributed by atoms with van der Waals surface area (Å²) >= 11 is 0.802. The van der Waals surface area contributed by atoms with Crippen LogP contribution >= 0.6 is 11.3 Å². The van der Waals surface area contributed by atoms with Crippen LogP contribution in [0.4, 0.5) is 5.00 Å². The van der Waals surface area contributed by atoms with Crippen molar-refractivity contribution in [2.45, 2.75) is 25.7 Å². The third-order valence-electron chi connectivity index (χ3n) is 4.54. The highest BCUT2D eigenvalue weighted by Crippen LogP contribution is 2.35. The molecule has 1 aromatic heterocycles. The van der Waals surface area contributed by atoms with Crippen LogP contribution in [0.5, 0.6) is 0 Å². The molecule has 12 heteroatoms. The van der Waals surface area contributed by atoms with Crippen molar-refractivity contribution < 1.29 is 37.1 Å². The van der Waals surface area contributed by atoms with Crippen LogP contribution in [0.2, 0.25) is 0 Å². The normalized spacial score (nSPS) is 14.1. The van der Waals surface area contributed by atoms with Gasteiger partial charge in [-0.3, -0.25) is 9.59 Å². The van der Waals surface area contributed by atoms with Crippen LogP contribution < -0.4 is 5.32 Å². The number of rotatable bonds is 7. The van der Waals surface area contributed by atoms with Crippen molar-refractivity contribution >= 4 is 50.1 Å². The molecule has 2 amide bonds. The number of fused-ring (bicyclic) bond motifs is 1. The Labute approximate surface area is 188 Å². The van der Waals surface area contributed by atoms with Gasteiger partial charge in [0.1, 0.15) is 21.3 Å². The van der Waals surface area contributed by atoms with Gasteiger partial charge in [-0.15, -0.1) is 11.3 Å². The summed E-state index contributed by atoms with van der Waals surface area (Å²) in [5.41, 5.74) is 0.204. The molecule has 0 saturated carbocycles. The van der Waals surface area contributed by atoms with Crippen molar-refractivity contribution in [3.63, 3.8) is 0 Å². The number of nitrogens with zero attached hydrogens (tertiary/aromatic N) is 1. The summed E-state index contributed by atoms with van der Waals surface area (Å²) < 4.78 is 35.8. The molecule has 1 aliphatic rings. The lowest BCUT2D eigenvalue weighted by Crippen LogP contribution is -2.37. The smallest absolute Gasteiger partial charge is 0.348 e. The van der Waals surface area contributed by atoms with Gasteiger partial charge in [0, 0.05) is 0 Å². The summed E-state index contributed by atoms with van der Waals surface area (Å²) in [6, 6.07) is 5.64. The molecular formula is C20H20N2O8S2. The van der Waals surface area contributed by atoms with Gasteiger partial charge < -0.3 is 14.8 Å². The van der Waals surface area contributed by atoms with E-state index in [0.717, 1.165) is 11.3 Å². The van der Waals surface area contributed by atoms with Crippen LogP contribution in [0.25, 0.3) is 0 Å². The molecule has 0 saturated heterocycles. The van der Waals surface area contributed by atoms with Crippen molar-refractivity contribution in [2.24, 2.45) is 0 Å². The molecule has 0 unspecified atom stereocenters. The lowest BCUT2D eigenvalue weighted by molar-refractivity contribution is -0.116. The zero-order chi connectivity index (χ0) is 23.6. The minimum absolute atomic E-state index is 0.00411. The number of anilines is 1. The highest BCUT2D eigenvalue weighted by atomic mass is 32.2. The van der Waals surface area contributed by atoms with Crippen molar-refractivity contribution in [1.29, 1.82) is 0 Å². The molecule has 170 valence electrons. The number of benzene rings is 1. The summed E-state index contributed by atoms with van der Waals surface area (Å²) in [5.74, 6) is -3.12. The molecule has 0 atom stereocenters. The van der Waals surface area contributed by atoms with E-state index in [1.54, 1.807) is 13.8 Å². The fourth-order valence-electron chi connectivity index (χ4n) is 3.13. The van der Waals surface area contributed by atoms with Crippen molar-refractivity contribution in [3.05, 3.63) is 45.8 Å². The molecule has 1 aromatic carbocycles. The molecule has 0 bridgehead atoms. The second kappa shape index (κ2) is 9.09. The van der Waals surface area contributed by atoms with Gasteiger partial charge in [-0.2, -0.15) is 0 Å². The van der Waals surface area contributed by atoms with Gasteiger partial charge in [0.25, 0.3) is 15.9 Å². The Morgan fingerprint density at radius 3 is 2.31 bits per heavy atom. The maximum atomic E-state index is 12.7. The SMILES string of the molecule is CCOC(=O)c1sc(NC(=O)CN2C(=O)c3ccccc3S2(=O)=O)c(C(=O)OCC)c1C. The molecule has 2 heterocycles. The van der Waals surface area contributed by atoms with E-state index in [0.29, 0.717) is 4.31 Å². The van der Waals surface area contributed by atoms with E-state index >= 15 is 0 Å². The Hall–Kier alpha value is -3.25. The zero-order valence-electron chi connectivity index (χ0n) is 17.5. The van der Waals surface area contributed by atoms with E-state index in [1.807, 2.05) is 0 Å². The van der Waals surface area contributed by atoms with Gasteiger partial charge in [0.05, 0.1) is 24.3 Å². The number of thiophene rings is 1. The predicted octanol–water partition coefficient (Wildman–Crippen LogP) is 2.19. The lowest BCUT2D eigenvalue weighted by atomic mass is 10.1. The summed E-state index contributed by atoms with van der Waals surface area (Å²) in [6.45, 7) is 4.11. The summed E-state index contributed by atoms with van der Waals surface area (Å²) in [5, 5.41) is 2.43. The van der Waals surface area contributed by atoms with Crippen LogP contribution in [0.15, 0.2) is 29.2 Å². The number of hydrogen-bond acceptors (Lipinski definition) is 9. The average molecular weight is 481 g/mol. The largest absolute Gasteiger partial charge is 0.462 e. The van der Waals surface area contributed by atoms with Gasteiger partial charge in [-0.1, -0.05) is 12.1 Å². The third kappa shape index (κ3) is 4.10. The maximum Gasteiger partial charge on any atom is 0.348 e. The molecule has 0 radical (unpaired) electrons. The Balaban J connectivity index is 1.89. The van der Waals surface area contributed by atoms with Crippen molar-refractivity contribution in [1.82, 2.24) is 4.31 Å². The first-order chi connectivity index (χ1) is 15.1. The lowest BCUT2D eigenvalue weighted by Gasteiger charge is -2.14. The third-order valence-corrected chi connectivity index (χ3v) is 7.51. The Bertz CT molecular complexity index is 1220. The molecule has 32 heavy (non-hydrogen) atoms. The van der Waals surface area contributed by atoms with E-state index in [1.165, 1.54) is 31.2 Å². The van der Waals surface area contributed by atoms with E-state index in [4.69, 9.17) is 9.47 Å². The molecule has 2 aromatic rings. The Morgan fingerprint density at radius 1 is 1.06 bits per heavy atom. The molecule has 3 rings (SSSR count). The van der Waals surface area contributed by atoms with Gasteiger partial charge >= 0.3 is 11.9 Å². The predicted molar refractivity (Wildman–Crippen MR) is 114 cm³/mol. The van der Waals surface area contributed by atoms with Crippen molar-refractivity contribution in [2.75, 3.05) is 25.1 Å². The number of carbonyl (C=O) groups is 4. The number of hydrogen-bond donors (Lipinski definition) is 1. The zero-order valence-corrected chi connectivity index (χ0v) is 19.1. The van der Waals surface area contributed by atoms with Gasteiger partial charge in [0.15, 0.2) is 0 Å². The first-order valence-electron chi connectivity index (χ1n) is 9.57. The minimum atomic E-state index is -4.18. The fraction of sp³-hybridized carbons (Fsp3) is 0.300. The molecule has 1 N–H and O–H groups in total. The van der Waals surface area contributed by atoms with E-state index in [-0.39, 0.29) is 44.7 Å². The molecule has 10 nitrogen and oxygen atoms in total. The first kappa shape index (κ1) is 23.4. The molecule has 0 spiro atoms. The fourth-order valence-corrected chi connectivity index (χ4v) is 5.76. The second-order valence-electron chi connectivity index (χ2n) is 6.56. The van der Waals surface area contributed by atoms with Crippen molar-refractivity contribution in [3.8, 4) is 0 Å². The highest BCUT2D eigenvalue weighted by molar-refractivity contribution is 7.90. The molecule has 0 aliphatic carbocycles. The average Bonchev–Trinajstić information content (AvgIpc) is 3.16. The maximum absolute atomic E-state index is 12.7.